The molecule has 0 N–H and O–H groups in total. The quantitative estimate of drug-likeness (QED) is 0.517. The molecule has 0 aliphatic carbocycles. The summed E-state index contributed by atoms with van der Waals surface area (Å²) in [4.78, 5) is 11.9. The molecule has 0 saturated carbocycles. The van der Waals surface area contributed by atoms with Crippen molar-refractivity contribution in [3.05, 3.63) is 73.6 Å². The SMILES string of the molecule is CCCc1cc(=O)oc2c(C)c(OCc3ccc(Cl)c(Cl)c3)ccc12. The lowest BCUT2D eigenvalue weighted by atomic mass is 10.0. The van der Waals surface area contributed by atoms with Crippen LogP contribution in [-0.2, 0) is 13.0 Å². The summed E-state index contributed by atoms with van der Waals surface area (Å²) in [5.41, 5.74) is 2.99. The van der Waals surface area contributed by atoms with Crippen LogP contribution in [0.5, 0.6) is 5.75 Å². The molecule has 25 heavy (non-hydrogen) atoms. The van der Waals surface area contributed by atoms with Crippen LogP contribution >= 0.6 is 23.2 Å². The number of aryl methyl sites for hydroxylation is 2. The molecule has 130 valence electrons. The number of halogens is 2. The molecular formula is C20H18Cl2O3. The van der Waals surface area contributed by atoms with E-state index in [-0.39, 0.29) is 5.63 Å². The molecule has 0 bridgehead atoms. The second kappa shape index (κ2) is 7.51. The zero-order valence-corrected chi connectivity index (χ0v) is 15.6. The Morgan fingerprint density at radius 2 is 1.88 bits per heavy atom. The van der Waals surface area contributed by atoms with E-state index in [9.17, 15) is 4.79 Å². The Balaban J connectivity index is 1.93. The van der Waals surface area contributed by atoms with E-state index < -0.39 is 0 Å². The minimum absolute atomic E-state index is 0.333. The van der Waals surface area contributed by atoms with Crippen LogP contribution in [0.25, 0.3) is 11.0 Å². The molecule has 3 nitrogen and oxygen atoms in total. The number of rotatable bonds is 5. The highest BCUT2D eigenvalue weighted by atomic mass is 35.5. The van der Waals surface area contributed by atoms with Gasteiger partial charge in [-0.25, -0.2) is 4.79 Å². The molecule has 0 aliphatic heterocycles. The summed E-state index contributed by atoms with van der Waals surface area (Å²) < 4.78 is 11.3. The number of benzene rings is 2. The van der Waals surface area contributed by atoms with Crippen molar-refractivity contribution in [2.75, 3.05) is 0 Å². The highest BCUT2D eigenvalue weighted by molar-refractivity contribution is 6.42. The second-order valence-corrected chi connectivity index (χ2v) is 6.76. The van der Waals surface area contributed by atoms with Gasteiger partial charge in [0.15, 0.2) is 0 Å². The van der Waals surface area contributed by atoms with Crippen LogP contribution < -0.4 is 10.4 Å². The standard InChI is InChI=1S/C20H18Cl2O3/c1-3-4-14-10-19(23)25-20-12(2)18(8-6-15(14)20)24-11-13-5-7-16(21)17(22)9-13/h5-10H,3-4,11H2,1-2H3. The van der Waals surface area contributed by atoms with Crippen molar-refractivity contribution in [3.63, 3.8) is 0 Å². The third kappa shape index (κ3) is 3.83. The van der Waals surface area contributed by atoms with Crippen LogP contribution in [0.4, 0.5) is 0 Å². The Labute approximate surface area is 156 Å². The smallest absolute Gasteiger partial charge is 0.336 e. The summed E-state index contributed by atoms with van der Waals surface area (Å²) in [5, 5.41) is 1.96. The van der Waals surface area contributed by atoms with E-state index in [1.165, 1.54) is 0 Å². The summed E-state index contributed by atoms with van der Waals surface area (Å²) in [6.07, 6.45) is 1.80. The second-order valence-electron chi connectivity index (χ2n) is 5.94. The summed E-state index contributed by atoms with van der Waals surface area (Å²) in [7, 11) is 0. The lowest BCUT2D eigenvalue weighted by Gasteiger charge is -2.12. The number of hydrogen-bond acceptors (Lipinski definition) is 3. The van der Waals surface area contributed by atoms with Crippen LogP contribution in [0.1, 0.15) is 30.0 Å². The first-order chi connectivity index (χ1) is 12.0. The lowest BCUT2D eigenvalue weighted by molar-refractivity contribution is 0.304. The van der Waals surface area contributed by atoms with Gasteiger partial charge in [-0.15, -0.1) is 0 Å². The van der Waals surface area contributed by atoms with Crippen LogP contribution in [0, 0.1) is 6.92 Å². The largest absolute Gasteiger partial charge is 0.488 e. The van der Waals surface area contributed by atoms with Gasteiger partial charge >= 0.3 is 5.63 Å². The molecule has 0 fully saturated rings. The van der Waals surface area contributed by atoms with Crippen molar-refractivity contribution in [1.29, 1.82) is 0 Å². The van der Waals surface area contributed by atoms with Crippen molar-refractivity contribution >= 4 is 34.2 Å². The monoisotopic (exact) mass is 376 g/mol. The van der Waals surface area contributed by atoms with E-state index in [0.29, 0.717) is 28.0 Å². The van der Waals surface area contributed by atoms with Gasteiger partial charge in [0, 0.05) is 17.0 Å². The summed E-state index contributed by atoms with van der Waals surface area (Å²) >= 11 is 12.0. The van der Waals surface area contributed by atoms with Gasteiger partial charge in [-0.3, -0.25) is 0 Å². The highest BCUT2D eigenvalue weighted by Crippen LogP contribution is 2.30. The molecule has 1 heterocycles. The number of ether oxygens (including phenoxy) is 1. The van der Waals surface area contributed by atoms with E-state index in [1.54, 1.807) is 18.2 Å². The Bertz CT molecular complexity index is 977. The van der Waals surface area contributed by atoms with Crippen molar-refractivity contribution < 1.29 is 9.15 Å². The van der Waals surface area contributed by atoms with Crippen LogP contribution in [0.3, 0.4) is 0 Å². The van der Waals surface area contributed by atoms with E-state index in [2.05, 4.69) is 6.92 Å². The van der Waals surface area contributed by atoms with Gasteiger partial charge < -0.3 is 9.15 Å². The Kier molecular flexibility index (Phi) is 5.36. The maximum atomic E-state index is 11.9. The van der Waals surface area contributed by atoms with Crippen molar-refractivity contribution in [1.82, 2.24) is 0 Å². The fourth-order valence-electron chi connectivity index (χ4n) is 2.83. The predicted molar refractivity (Wildman–Crippen MR) is 102 cm³/mol. The molecule has 0 saturated heterocycles. The molecular weight excluding hydrogens is 359 g/mol. The predicted octanol–water partition coefficient (Wildman–Crippen LogP) is 5.94. The summed E-state index contributed by atoms with van der Waals surface area (Å²) in [6.45, 7) is 4.33. The minimum atomic E-state index is -0.333. The molecule has 0 radical (unpaired) electrons. The average Bonchev–Trinajstić information content (AvgIpc) is 2.58. The normalized spacial score (nSPS) is 11.0. The Morgan fingerprint density at radius 3 is 2.60 bits per heavy atom. The molecule has 0 amide bonds. The highest BCUT2D eigenvalue weighted by Gasteiger charge is 2.12. The van der Waals surface area contributed by atoms with Gasteiger partial charge in [0.05, 0.1) is 10.0 Å². The van der Waals surface area contributed by atoms with Gasteiger partial charge in [-0.05, 0) is 48.7 Å². The number of hydrogen-bond donors (Lipinski definition) is 0. The van der Waals surface area contributed by atoms with Gasteiger partial charge in [-0.2, -0.15) is 0 Å². The van der Waals surface area contributed by atoms with Crippen molar-refractivity contribution in [2.24, 2.45) is 0 Å². The van der Waals surface area contributed by atoms with E-state index in [4.69, 9.17) is 32.4 Å². The molecule has 0 aliphatic rings. The van der Waals surface area contributed by atoms with Crippen LogP contribution in [-0.4, -0.2) is 0 Å². The molecule has 0 spiro atoms. The maximum absolute atomic E-state index is 11.9. The molecule has 3 aromatic rings. The molecule has 3 rings (SSSR count). The number of fused-ring (bicyclic) bond motifs is 1. The van der Waals surface area contributed by atoms with Gasteiger partial charge in [0.1, 0.15) is 17.9 Å². The van der Waals surface area contributed by atoms with E-state index in [0.717, 1.165) is 34.9 Å². The third-order valence-corrected chi connectivity index (χ3v) is 4.83. The molecule has 2 aromatic carbocycles. The van der Waals surface area contributed by atoms with Gasteiger partial charge in [0.2, 0.25) is 0 Å². The van der Waals surface area contributed by atoms with E-state index >= 15 is 0 Å². The van der Waals surface area contributed by atoms with E-state index in [1.807, 2.05) is 25.1 Å². The van der Waals surface area contributed by atoms with Crippen LogP contribution in [0.15, 0.2) is 45.6 Å². The lowest BCUT2D eigenvalue weighted by Crippen LogP contribution is -2.03. The average molecular weight is 377 g/mol. The van der Waals surface area contributed by atoms with Crippen LogP contribution in [0.2, 0.25) is 10.0 Å². The van der Waals surface area contributed by atoms with Crippen molar-refractivity contribution in [3.8, 4) is 5.75 Å². The van der Waals surface area contributed by atoms with Gasteiger partial charge in [-0.1, -0.05) is 42.6 Å². The fraction of sp³-hybridized carbons (Fsp3) is 0.250. The minimum Gasteiger partial charge on any atom is -0.488 e. The first-order valence-corrected chi connectivity index (χ1v) is 8.88. The molecule has 0 atom stereocenters. The fourth-order valence-corrected chi connectivity index (χ4v) is 3.15. The Hall–Kier alpha value is -1.97. The third-order valence-electron chi connectivity index (χ3n) is 4.09. The molecule has 1 aromatic heterocycles. The van der Waals surface area contributed by atoms with Gasteiger partial charge in [0.25, 0.3) is 0 Å². The molecule has 5 heteroatoms. The Morgan fingerprint density at radius 1 is 1.08 bits per heavy atom. The molecule has 0 unspecified atom stereocenters. The summed E-state index contributed by atoms with van der Waals surface area (Å²) in [5.74, 6) is 0.676. The zero-order chi connectivity index (χ0) is 18.0. The summed E-state index contributed by atoms with van der Waals surface area (Å²) in [6, 6.07) is 10.8. The topological polar surface area (TPSA) is 39.4 Å². The first-order valence-electron chi connectivity index (χ1n) is 8.12. The van der Waals surface area contributed by atoms with Crippen molar-refractivity contribution in [2.45, 2.75) is 33.3 Å². The first kappa shape index (κ1) is 17.8. The zero-order valence-electron chi connectivity index (χ0n) is 14.1. The maximum Gasteiger partial charge on any atom is 0.336 e.